The zero-order valence-electron chi connectivity index (χ0n) is 14.3. The number of ether oxygens (including phenoxy) is 1. The van der Waals surface area contributed by atoms with Crippen LogP contribution in [0, 0.1) is 12.7 Å². The number of hydrogen-bond donors (Lipinski definition) is 0. The van der Waals surface area contributed by atoms with E-state index >= 15 is 0 Å². The molecule has 2 aromatic rings. The molecule has 0 N–H and O–H groups in total. The number of methoxy groups -OCH3 is 1. The van der Waals surface area contributed by atoms with Crippen molar-refractivity contribution in [2.24, 2.45) is 0 Å². The predicted molar refractivity (Wildman–Crippen MR) is 94.0 cm³/mol. The van der Waals surface area contributed by atoms with Gasteiger partial charge in [0.25, 0.3) is 0 Å². The van der Waals surface area contributed by atoms with E-state index in [9.17, 15) is 4.39 Å². The molecule has 0 radical (unpaired) electrons. The van der Waals surface area contributed by atoms with Gasteiger partial charge < -0.3 is 9.64 Å². The van der Waals surface area contributed by atoms with E-state index in [2.05, 4.69) is 14.8 Å². The number of hydrogen-bond acceptors (Lipinski definition) is 4. The lowest BCUT2D eigenvalue weighted by atomic mass is 10.2. The molecule has 0 unspecified atom stereocenters. The van der Waals surface area contributed by atoms with Crippen LogP contribution in [0.1, 0.15) is 17.7 Å². The Hall–Kier alpha value is -2.14. The van der Waals surface area contributed by atoms with Crippen molar-refractivity contribution in [1.29, 1.82) is 0 Å². The second kappa shape index (κ2) is 7.62. The topological polar surface area (TPSA) is 28.6 Å². The van der Waals surface area contributed by atoms with E-state index < -0.39 is 0 Å². The fraction of sp³-hybridized carbons (Fsp3) is 0.421. The average Bonchev–Trinajstić information content (AvgIpc) is 2.82. The summed E-state index contributed by atoms with van der Waals surface area (Å²) in [5.41, 5.74) is 1.75. The van der Waals surface area contributed by atoms with E-state index in [1.807, 2.05) is 31.2 Å². The summed E-state index contributed by atoms with van der Waals surface area (Å²) in [6.07, 6.45) is 1.02. The fourth-order valence-corrected chi connectivity index (χ4v) is 3.12. The first-order chi connectivity index (χ1) is 11.7. The van der Waals surface area contributed by atoms with E-state index in [0.717, 1.165) is 55.4 Å². The molecule has 128 valence electrons. The van der Waals surface area contributed by atoms with Crippen LogP contribution in [0.2, 0.25) is 0 Å². The van der Waals surface area contributed by atoms with Crippen LogP contribution >= 0.6 is 0 Å². The minimum atomic E-state index is -0.124. The molecular weight excluding hydrogens is 305 g/mol. The highest BCUT2D eigenvalue weighted by Gasteiger charge is 2.19. The Morgan fingerprint density at radius 3 is 2.71 bits per heavy atom. The van der Waals surface area contributed by atoms with E-state index in [0.29, 0.717) is 6.54 Å². The van der Waals surface area contributed by atoms with E-state index in [1.54, 1.807) is 13.2 Å². The van der Waals surface area contributed by atoms with Crippen molar-refractivity contribution >= 4 is 5.82 Å². The molecule has 0 amide bonds. The summed E-state index contributed by atoms with van der Waals surface area (Å²) in [6.45, 7) is 6.28. The molecule has 1 aromatic carbocycles. The van der Waals surface area contributed by atoms with Crippen LogP contribution in [-0.2, 0) is 6.54 Å². The lowest BCUT2D eigenvalue weighted by molar-refractivity contribution is 0.281. The Morgan fingerprint density at radius 2 is 1.92 bits per heavy atom. The highest BCUT2D eigenvalue weighted by Crippen LogP contribution is 2.27. The average molecular weight is 329 g/mol. The number of pyridine rings is 1. The van der Waals surface area contributed by atoms with Crippen molar-refractivity contribution in [2.45, 2.75) is 19.9 Å². The van der Waals surface area contributed by atoms with Gasteiger partial charge >= 0.3 is 0 Å². The summed E-state index contributed by atoms with van der Waals surface area (Å²) in [4.78, 5) is 9.23. The van der Waals surface area contributed by atoms with Gasteiger partial charge in [0, 0.05) is 44.0 Å². The highest BCUT2D eigenvalue weighted by atomic mass is 19.1. The SMILES string of the molecule is COc1ccc(C)nc1N1CCCN(Cc2ccccc2F)CC1. The number of anilines is 1. The third-order valence-electron chi connectivity index (χ3n) is 4.44. The van der Waals surface area contributed by atoms with Crippen LogP contribution < -0.4 is 9.64 Å². The second-order valence-corrected chi connectivity index (χ2v) is 6.19. The molecule has 1 aromatic heterocycles. The third-order valence-corrected chi connectivity index (χ3v) is 4.44. The number of benzene rings is 1. The summed E-state index contributed by atoms with van der Waals surface area (Å²) in [6, 6.07) is 11.0. The zero-order valence-corrected chi connectivity index (χ0v) is 14.3. The largest absolute Gasteiger partial charge is 0.493 e. The van der Waals surface area contributed by atoms with Crippen LogP contribution in [0.25, 0.3) is 0 Å². The summed E-state index contributed by atoms with van der Waals surface area (Å²) < 4.78 is 19.3. The maximum absolute atomic E-state index is 13.9. The van der Waals surface area contributed by atoms with Gasteiger partial charge in [-0.15, -0.1) is 0 Å². The number of halogens is 1. The van der Waals surface area contributed by atoms with Gasteiger partial charge in [0.15, 0.2) is 11.6 Å². The summed E-state index contributed by atoms with van der Waals surface area (Å²) >= 11 is 0. The predicted octanol–water partition coefficient (Wildman–Crippen LogP) is 3.25. The van der Waals surface area contributed by atoms with Crippen molar-refractivity contribution < 1.29 is 9.13 Å². The normalized spacial score (nSPS) is 16.0. The number of aryl methyl sites for hydroxylation is 1. The first-order valence-corrected chi connectivity index (χ1v) is 8.39. The smallest absolute Gasteiger partial charge is 0.171 e. The molecule has 1 aliphatic rings. The number of nitrogens with zero attached hydrogens (tertiary/aromatic N) is 3. The highest BCUT2D eigenvalue weighted by molar-refractivity contribution is 5.53. The van der Waals surface area contributed by atoms with Gasteiger partial charge in [-0.3, -0.25) is 4.90 Å². The van der Waals surface area contributed by atoms with Crippen LogP contribution in [0.3, 0.4) is 0 Å². The molecule has 2 heterocycles. The Kier molecular flexibility index (Phi) is 5.30. The van der Waals surface area contributed by atoms with Crippen LogP contribution in [0.4, 0.5) is 10.2 Å². The molecule has 1 aliphatic heterocycles. The Morgan fingerprint density at radius 1 is 1.08 bits per heavy atom. The lowest BCUT2D eigenvalue weighted by Crippen LogP contribution is -2.31. The van der Waals surface area contributed by atoms with Crippen LogP contribution in [0.15, 0.2) is 36.4 Å². The first kappa shape index (κ1) is 16.7. The van der Waals surface area contributed by atoms with Crippen LogP contribution in [-0.4, -0.2) is 43.2 Å². The maximum Gasteiger partial charge on any atom is 0.171 e. The Bertz CT molecular complexity index is 692. The molecule has 0 saturated carbocycles. The minimum Gasteiger partial charge on any atom is -0.493 e. The third kappa shape index (κ3) is 3.85. The van der Waals surface area contributed by atoms with Gasteiger partial charge in [0.05, 0.1) is 7.11 Å². The van der Waals surface area contributed by atoms with Crippen molar-refractivity contribution in [3.8, 4) is 5.75 Å². The quantitative estimate of drug-likeness (QED) is 0.861. The lowest BCUT2D eigenvalue weighted by Gasteiger charge is -2.24. The number of aromatic nitrogens is 1. The van der Waals surface area contributed by atoms with E-state index in [1.165, 1.54) is 6.07 Å². The minimum absolute atomic E-state index is 0.124. The van der Waals surface area contributed by atoms with Crippen molar-refractivity contribution in [3.63, 3.8) is 0 Å². The number of rotatable bonds is 4. The Balaban J connectivity index is 1.69. The molecule has 0 bridgehead atoms. The summed E-state index contributed by atoms with van der Waals surface area (Å²) in [5.74, 6) is 1.59. The molecule has 4 nitrogen and oxygen atoms in total. The summed E-state index contributed by atoms with van der Waals surface area (Å²) in [7, 11) is 1.68. The van der Waals surface area contributed by atoms with Crippen molar-refractivity contribution in [3.05, 3.63) is 53.5 Å². The van der Waals surface area contributed by atoms with Gasteiger partial charge in [-0.1, -0.05) is 18.2 Å². The molecule has 1 saturated heterocycles. The zero-order chi connectivity index (χ0) is 16.9. The van der Waals surface area contributed by atoms with Crippen LogP contribution in [0.5, 0.6) is 5.75 Å². The van der Waals surface area contributed by atoms with Gasteiger partial charge in [0.2, 0.25) is 0 Å². The van der Waals surface area contributed by atoms with Crippen molar-refractivity contribution in [1.82, 2.24) is 9.88 Å². The molecule has 5 heteroatoms. The van der Waals surface area contributed by atoms with E-state index in [4.69, 9.17) is 4.74 Å². The molecule has 0 spiro atoms. The monoisotopic (exact) mass is 329 g/mol. The molecule has 0 aliphatic carbocycles. The first-order valence-electron chi connectivity index (χ1n) is 8.39. The second-order valence-electron chi connectivity index (χ2n) is 6.19. The molecular formula is C19H24FN3O. The molecule has 0 atom stereocenters. The van der Waals surface area contributed by atoms with Gasteiger partial charge in [-0.25, -0.2) is 9.37 Å². The molecule has 3 rings (SSSR count). The Labute approximate surface area is 142 Å². The maximum atomic E-state index is 13.9. The summed E-state index contributed by atoms with van der Waals surface area (Å²) in [5, 5.41) is 0. The molecule has 1 fully saturated rings. The fourth-order valence-electron chi connectivity index (χ4n) is 3.12. The van der Waals surface area contributed by atoms with Gasteiger partial charge in [-0.2, -0.15) is 0 Å². The van der Waals surface area contributed by atoms with E-state index in [-0.39, 0.29) is 5.82 Å². The van der Waals surface area contributed by atoms with Gasteiger partial charge in [-0.05, 0) is 31.5 Å². The molecule has 24 heavy (non-hydrogen) atoms. The van der Waals surface area contributed by atoms with Crippen molar-refractivity contribution in [2.75, 3.05) is 38.2 Å². The standard InChI is InChI=1S/C19H24FN3O/c1-15-8-9-18(24-2)19(21-15)23-11-5-10-22(12-13-23)14-16-6-3-4-7-17(16)20/h3-4,6-9H,5,10-14H2,1-2H3. The van der Waals surface area contributed by atoms with Gasteiger partial charge in [0.1, 0.15) is 5.82 Å².